The van der Waals surface area contributed by atoms with Crippen LogP contribution in [0.15, 0.2) is 18.3 Å². The third-order valence-corrected chi connectivity index (χ3v) is 2.05. The van der Waals surface area contributed by atoms with Gasteiger partial charge in [-0.1, -0.05) is 12.2 Å². The van der Waals surface area contributed by atoms with E-state index in [0.717, 1.165) is 5.39 Å². The summed E-state index contributed by atoms with van der Waals surface area (Å²) in [7, 11) is 1.76. The largest absolute Gasteiger partial charge is 0.473 e. The van der Waals surface area contributed by atoms with Crippen molar-refractivity contribution < 1.29 is 4.74 Å². The van der Waals surface area contributed by atoms with Gasteiger partial charge in [0, 0.05) is 7.05 Å². The van der Waals surface area contributed by atoms with Crippen molar-refractivity contribution in [2.75, 3.05) is 19.0 Å². The van der Waals surface area contributed by atoms with Crippen LogP contribution in [0.25, 0.3) is 11.0 Å². The molecule has 0 atom stereocenters. The lowest BCUT2D eigenvalue weighted by molar-refractivity contribution is 0.353. The van der Waals surface area contributed by atoms with Crippen molar-refractivity contribution in [2.24, 2.45) is 0 Å². The van der Waals surface area contributed by atoms with Gasteiger partial charge in [0.05, 0.1) is 6.20 Å². The number of ether oxygens (including phenoxy) is 1. The molecule has 0 aliphatic heterocycles. The zero-order valence-corrected chi connectivity index (χ0v) is 9.19. The molecule has 6 heteroatoms. The Balaban J connectivity index is 2.36. The predicted molar refractivity (Wildman–Crippen MR) is 61.5 cm³/mol. The van der Waals surface area contributed by atoms with Crippen LogP contribution in [0.5, 0.6) is 5.88 Å². The first-order chi connectivity index (χ1) is 7.85. The zero-order chi connectivity index (χ0) is 11.4. The summed E-state index contributed by atoms with van der Waals surface area (Å²) in [5, 5.41) is 10.4. The van der Waals surface area contributed by atoms with E-state index in [4.69, 9.17) is 4.74 Å². The lowest BCUT2D eigenvalue weighted by atomic mass is 10.4. The van der Waals surface area contributed by atoms with Gasteiger partial charge in [0.25, 0.3) is 0 Å². The monoisotopic (exact) mass is 219 g/mol. The molecule has 0 amide bonds. The van der Waals surface area contributed by atoms with E-state index in [1.807, 2.05) is 19.1 Å². The first kappa shape index (κ1) is 10.4. The van der Waals surface area contributed by atoms with Crippen LogP contribution in [0.2, 0.25) is 0 Å². The third-order valence-electron chi connectivity index (χ3n) is 2.05. The standard InChI is InChI=1S/C10H13N5O/c1-3-4-5-16-9-7-6-12-15-8(7)13-10(11-2)14-9/h3-4,6H,5H2,1-2H3,(H2,11,12,13,14,15)/b4-3+. The Kier molecular flexibility index (Phi) is 3.00. The molecule has 2 N–H and O–H groups in total. The van der Waals surface area contributed by atoms with Crippen LogP contribution >= 0.6 is 0 Å². The van der Waals surface area contributed by atoms with Crippen molar-refractivity contribution >= 4 is 17.0 Å². The van der Waals surface area contributed by atoms with Gasteiger partial charge in [0.2, 0.25) is 11.8 Å². The number of hydrogen-bond donors (Lipinski definition) is 2. The maximum Gasteiger partial charge on any atom is 0.229 e. The summed E-state index contributed by atoms with van der Waals surface area (Å²) >= 11 is 0. The van der Waals surface area contributed by atoms with Crippen LogP contribution in [-0.2, 0) is 0 Å². The maximum atomic E-state index is 5.52. The fraction of sp³-hybridized carbons (Fsp3) is 0.300. The molecule has 2 aromatic heterocycles. The summed E-state index contributed by atoms with van der Waals surface area (Å²) in [4.78, 5) is 8.43. The van der Waals surface area contributed by atoms with Crippen LogP contribution < -0.4 is 10.1 Å². The van der Waals surface area contributed by atoms with Gasteiger partial charge >= 0.3 is 0 Å². The molecule has 0 saturated carbocycles. The molecule has 0 aliphatic rings. The molecule has 2 heterocycles. The molecule has 0 saturated heterocycles. The SMILES string of the molecule is C/C=C/COc1nc(NC)nc2[nH]ncc12. The third kappa shape index (κ3) is 1.95. The predicted octanol–water partition coefficient (Wildman–Crippen LogP) is 1.35. The van der Waals surface area contributed by atoms with Crippen LogP contribution in [0.1, 0.15) is 6.92 Å². The average Bonchev–Trinajstić information content (AvgIpc) is 2.77. The molecule has 84 valence electrons. The minimum atomic E-state index is 0.483. The van der Waals surface area contributed by atoms with E-state index in [2.05, 4.69) is 25.5 Å². The number of rotatable bonds is 4. The maximum absolute atomic E-state index is 5.52. The molecule has 0 spiro atoms. The Bertz CT molecular complexity index is 505. The number of aromatic nitrogens is 4. The quantitative estimate of drug-likeness (QED) is 0.759. The van der Waals surface area contributed by atoms with E-state index >= 15 is 0 Å². The minimum absolute atomic E-state index is 0.483. The summed E-state index contributed by atoms with van der Waals surface area (Å²) < 4.78 is 5.52. The van der Waals surface area contributed by atoms with Crippen molar-refractivity contribution in [2.45, 2.75) is 6.92 Å². The lowest BCUT2D eigenvalue weighted by Gasteiger charge is -2.05. The number of hydrogen-bond acceptors (Lipinski definition) is 5. The minimum Gasteiger partial charge on any atom is -0.473 e. The summed E-state index contributed by atoms with van der Waals surface area (Å²) in [6, 6.07) is 0. The van der Waals surface area contributed by atoms with E-state index < -0.39 is 0 Å². The fourth-order valence-electron chi connectivity index (χ4n) is 1.25. The second kappa shape index (κ2) is 4.61. The van der Waals surface area contributed by atoms with Crippen molar-refractivity contribution in [1.29, 1.82) is 0 Å². The summed E-state index contributed by atoms with van der Waals surface area (Å²) in [6.45, 7) is 2.42. The molecule has 0 aliphatic carbocycles. The number of fused-ring (bicyclic) bond motifs is 1. The van der Waals surface area contributed by atoms with Crippen molar-refractivity contribution in [1.82, 2.24) is 20.2 Å². The Morgan fingerprint density at radius 2 is 2.38 bits per heavy atom. The Hall–Kier alpha value is -2.11. The van der Waals surface area contributed by atoms with Crippen molar-refractivity contribution in [3.05, 3.63) is 18.3 Å². The highest BCUT2D eigenvalue weighted by Gasteiger charge is 2.09. The molecular weight excluding hydrogens is 206 g/mol. The Morgan fingerprint density at radius 3 is 3.12 bits per heavy atom. The number of nitrogens with zero attached hydrogens (tertiary/aromatic N) is 3. The fourth-order valence-corrected chi connectivity index (χ4v) is 1.25. The van der Waals surface area contributed by atoms with Gasteiger partial charge in [0.15, 0.2) is 5.65 Å². The topological polar surface area (TPSA) is 75.7 Å². The van der Waals surface area contributed by atoms with Crippen LogP contribution in [0.3, 0.4) is 0 Å². The van der Waals surface area contributed by atoms with Crippen LogP contribution in [-0.4, -0.2) is 33.8 Å². The number of anilines is 1. The number of nitrogens with one attached hydrogen (secondary N) is 2. The van der Waals surface area contributed by atoms with E-state index in [1.54, 1.807) is 13.2 Å². The van der Waals surface area contributed by atoms with Gasteiger partial charge in [-0.25, -0.2) is 0 Å². The van der Waals surface area contributed by atoms with E-state index in [1.165, 1.54) is 0 Å². The van der Waals surface area contributed by atoms with Gasteiger partial charge < -0.3 is 10.1 Å². The molecule has 6 nitrogen and oxygen atoms in total. The lowest BCUT2D eigenvalue weighted by Crippen LogP contribution is -2.01. The number of aromatic amines is 1. The van der Waals surface area contributed by atoms with Crippen molar-refractivity contribution in [3.8, 4) is 5.88 Å². The van der Waals surface area contributed by atoms with Gasteiger partial charge in [-0.2, -0.15) is 15.1 Å². The Labute approximate surface area is 92.7 Å². The molecule has 0 aromatic carbocycles. The molecule has 0 unspecified atom stereocenters. The van der Waals surface area contributed by atoms with Crippen molar-refractivity contribution in [3.63, 3.8) is 0 Å². The Morgan fingerprint density at radius 1 is 1.50 bits per heavy atom. The first-order valence-corrected chi connectivity index (χ1v) is 4.98. The summed E-state index contributed by atoms with van der Waals surface area (Å²) in [6.07, 6.45) is 5.49. The normalized spacial score (nSPS) is 11.1. The van der Waals surface area contributed by atoms with E-state index in [0.29, 0.717) is 24.1 Å². The van der Waals surface area contributed by atoms with Crippen LogP contribution in [0, 0.1) is 0 Å². The van der Waals surface area contributed by atoms with Gasteiger partial charge in [-0.15, -0.1) is 0 Å². The molecule has 2 rings (SSSR count). The highest BCUT2D eigenvalue weighted by Crippen LogP contribution is 2.21. The molecular formula is C10H13N5O. The smallest absolute Gasteiger partial charge is 0.229 e. The number of allylic oxidation sites excluding steroid dienone is 1. The summed E-state index contributed by atoms with van der Waals surface area (Å²) in [5.74, 6) is 1.04. The second-order valence-electron chi connectivity index (χ2n) is 3.11. The van der Waals surface area contributed by atoms with Gasteiger partial charge in [0.1, 0.15) is 12.0 Å². The van der Waals surface area contributed by atoms with Gasteiger partial charge in [-0.05, 0) is 6.92 Å². The van der Waals surface area contributed by atoms with Crippen LogP contribution in [0.4, 0.5) is 5.95 Å². The summed E-state index contributed by atoms with van der Waals surface area (Å²) in [5.41, 5.74) is 0.662. The molecule has 0 bridgehead atoms. The van der Waals surface area contributed by atoms with E-state index in [-0.39, 0.29) is 0 Å². The molecule has 0 fully saturated rings. The highest BCUT2D eigenvalue weighted by atomic mass is 16.5. The number of H-pyrrole nitrogens is 1. The van der Waals surface area contributed by atoms with E-state index in [9.17, 15) is 0 Å². The first-order valence-electron chi connectivity index (χ1n) is 4.98. The molecule has 16 heavy (non-hydrogen) atoms. The molecule has 0 radical (unpaired) electrons. The highest BCUT2D eigenvalue weighted by molar-refractivity contribution is 5.80. The molecule has 2 aromatic rings. The average molecular weight is 219 g/mol. The van der Waals surface area contributed by atoms with Gasteiger partial charge in [-0.3, -0.25) is 5.10 Å². The second-order valence-corrected chi connectivity index (χ2v) is 3.11. The zero-order valence-electron chi connectivity index (χ0n) is 9.19.